The van der Waals surface area contributed by atoms with Crippen LogP contribution in [0.2, 0.25) is 10.0 Å². The van der Waals surface area contributed by atoms with Crippen molar-refractivity contribution < 1.29 is 13.6 Å². The first-order chi connectivity index (χ1) is 18.7. The van der Waals surface area contributed by atoms with Crippen LogP contribution in [0.4, 0.5) is 5.69 Å². The van der Waals surface area contributed by atoms with Crippen LogP contribution in [0.3, 0.4) is 0 Å². The number of halogens is 2. The number of rotatable bonds is 5. The summed E-state index contributed by atoms with van der Waals surface area (Å²) in [6.07, 6.45) is 2.91. The third-order valence-corrected chi connectivity index (χ3v) is 6.93. The monoisotopic (exact) mass is 575 g/mol. The molecule has 39 heavy (non-hydrogen) atoms. The Labute approximate surface area is 240 Å². The smallest absolute Gasteiger partial charge is 0.250 e. The zero-order valence-corrected chi connectivity index (χ0v) is 23.6. The largest absolute Gasteiger partial charge is 0.457 e. The normalized spacial score (nSPS) is 11.3. The van der Waals surface area contributed by atoms with E-state index < -0.39 is 5.91 Å². The van der Waals surface area contributed by atoms with Gasteiger partial charge in [-0.25, -0.2) is 4.98 Å². The molecule has 5 rings (SSSR count). The van der Waals surface area contributed by atoms with Crippen LogP contribution in [0.5, 0.6) is 0 Å². The highest BCUT2D eigenvalue weighted by Crippen LogP contribution is 2.33. The van der Waals surface area contributed by atoms with Gasteiger partial charge in [0, 0.05) is 22.3 Å². The first-order valence-electron chi connectivity index (χ1n) is 12.0. The summed E-state index contributed by atoms with van der Waals surface area (Å²) in [5, 5.41) is 6.88. The van der Waals surface area contributed by atoms with Crippen LogP contribution in [-0.4, -0.2) is 16.0 Å². The van der Waals surface area contributed by atoms with Crippen LogP contribution in [0.1, 0.15) is 22.5 Å². The van der Waals surface area contributed by atoms with E-state index in [2.05, 4.69) is 15.6 Å². The van der Waals surface area contributed by atoms with Gasteiger partial charge in [-0.2, -0.15) is 0 Å². The molecule has 0 aliphatic carbocycles. The second-order valence-corrected chi connectivity index (χ2v) is 10.3. The Morgan fingerprint density at radius 2 is 1.74 bits per heavy atom. The summed E-state index contributed by atoms with van der Waals surface area (Å²) in [4.78, 5) is 17.1. The van der Waals surface area contributed by atoms with E-state index in [1.54, 1.807) is 30.3 Å². The van der Waals surface area contributed by atoms with Crippen LogP contribution < -0.4 is 10.6 Å². The summed E-state index contributed by atoms with van der Waals surface area (Å²) in [5.41, 5.74) is 6.63. The molecule has 196 valence electrons. The van der Waals surface area contributed by atoms with Crippen molar-refractivity contribution in [2.75, 3.05) is 5.32 Å². The maximum atomic E-state index is 12.4. The fourth-order valence-electron chi connectivity index (χ4n) is 4.08. The van der Waals surface area contributed by atoms with Crippen molar-refractivity contribution in [3.63, 3.8) is 0 Å². The van der Waals surface area contributed by atoms with Crippen molar-refractivity contribution >= 4 is 69.3 Å². The summed E-state index contributed by atoms with van der Waals surface area (Å²) in [6.45, 7) is 5.92. The third kappa shape index (κ3) is 6.06. The summed E-state index contributed by atoms with van der Waals surface area (Å²) in [6, 6.07) is 18.5. The minimum Gasteiger partial charge on any atom is -0.457 e. The molecule has 0 spiro atoms. The quantitative estimate of drug-likeness (QED) is 0.161. The van der Waals surface area contributed by atoms with Crippen LogP contribution in [0, 0.1) is 20.8 Å². The number of fused-ring (bicyclic) bond motifs is 1. The van der Waals surface area contributed by atoms with Gasteiger partial charge in [-0.3, -0.25) is 10.1 Å². The molecule has 3 aromatic carbocycles. The van der Waals surface area contributed by atoms with Crippen LogP contribution >= 0.6 is 35.4 Å². The number of nitrogens with zero attached hydrogens (tertiary/aromatic N) is 1. The van der Waals surface area contributed by atoms with Gasteiger partial charge in [-0.1, -0.05) is 41.4 Å². The Bertz CT molecular complexity index is 1770. The van der Waals surface area contributed by atoms with E-state index in [4.69, 9.17) is 44.3 Å². The Hall–Kier alpha value is -3.91. The van der Waals surface area contributed by atoms with Gasteiger partial charge in [-0.15, -0.1) is 0 Å². The van der Waals surface area contributed by atoms with Gasteiger partial charge in [0.1, 0.15) is 17.0 Å². The van der Waals surface area contributed by atoms with Crippen LogP contribution in [0.25, 0.3) is 40.0 Å². The standard InChI is InChI=1S/C30H23Cl2N3O3S/c1-16-12-18(3)28-25(13-16)34-29(38-28)22-15-20(6-9-23(22)31)33-30(39)35-27(36)11-8-21-7-10-26(37-21)19-5-4-17(2)24(32)14-19/h4-15H,1-3H3,(H2,33,35,36,39)/b11-8+. The van der Waals surface area contributed by atoms with Crippen molar-refractivity contribution in [3.8, 4) is 22.8 Å². The molecule has 2 N–H and O–H groups in total. The predicted molar refractivity (Wildman–Crippen MR) is 161 cm³/mol. The summed E-state index contributed by atoms with van der Waals surface area (Å²) in [5.74, 6) is 1.15. The van der Waals surface area contributed by atoms with Gasteiger partial charge >= 0.3 is 0 Å². The second-order valence-electron chi connectivity index (χ2n) is 9.09. The highest BCUT2D eigenvalue weighted by Gasteiger charge is 2.15. The Balaban J connectivity index is 1.24. The summed E-state index contributed by atoms with van der Waals surface area (Å²) < 4.78 is 11.8. The number of anilines is 1. The Morgan fingerprint density at radius 3 is 2.54 bits per heavy atom. The van der Waals surface area contributed by atoms with E-state index >= 15 is 0 Å². The van der Waals surface area contributed by atoms with E-state index in [9.17, 15) is 4.79 Å². The van der Waals surface area contributed by atoms with E-state index in [-0.39, 0.29) is 5.11 Å². The molecule has 0 unspecified atom stereocenters. The van der Waals surface area contributed by atoms with Gasteiger partial charge in [0.25, 0.3) is 0 Å². The number of oxazole rings is 1. The molecular weight excluding hydrogens is 553 g/mol. The Morgan fingerprint density at radius 1 is 0.923 bits per heavy atom. The fraction of sp³-hybridized carbons (Fsp3) is 0.100. The zero-order valence-electron chi connectivity index (χ0n) is 21.3. The summed E-state index contributed by atoms with van der Waals surface area (Å²) >= 11 is 18.0. The van der Waals surface area contributed by atoms with Crippen molar-refractivity contribution in [1.82, 2.24) is 10.3 Å². The molecule has 0 saturated carbocycles. The molecule has 0 atom stereocenters. The predicted octanol–water partition coefficient (Wildman–Crippen LogP) is 8.51. The number of thiocarbonyl (C=S) groups is 1. The van der Waals surface area contributed by atoms with E-state index in [1.165, 1.54) is 6.08 Å². The van der Waals surface area contributed by atoms with Crippen LogP contribution in [0.15, 0.2) is 75.6 Å². The minimum absolute atomic E-state index is 0.122. The lowest BCUT2D eigenvalue weighted by atomic mass is 10.1. The first-order valence-corrected chi connectivity index (χ1v) is 13.2. The molecule has 0 radical (unpaired) electrons. The van der Waals surface area contributed by atoms with E-state index in [0.717, 1.165) is 27.8 Å². The number of aromatic nitrogens is 1. The van der Waals surface area contributed by atoms with Gasteiger partial charge in [0.2, 0.25) is 11.8 Å². The molecular formula is C30H23Cl2N3O3S. The maximum absolute atomic E-state index is 12.4. The average molecular weight is 577 g/mol. The Kier molecular flexibility index (Phi) is 7.57. The lowest BCUT2D eigenvalue weighted by Crippen LogP contribution is -2.32. The fourth-order valence-corrected chi connectivity index (χ4v) is 4.67. The molecule has 2 aromatic heterocycles. The molecule has 9 heteroatoms. The molecule has 2 heterocycles. The first kappa shape index (κ1) is 26.7. The third-order valence-electron chi connectivity index (χ3n) is 5.99. The molecule has 0 bridgehead atoms. The number of carbonyl (C=O) groups is 1. The number of aryl methyl sites for hydroxylation is 3. The number of nitrogens with one attached hydrogen (secondary N) is 2. The lowest BCUT2D eigenvalue weighted by Gasteiger charge is -2.10. The second kappa shape index (κ2) is 11.1. The van der Waals surface area contributed by atoms with E-state index in [0.29, 0.717) is 44.3 Å². The molecule has 0 aliphatic rings. The summed E-state index contributed by atoms with van der Waals surface area (Å²) in [7, 11) is 0. The lowest BCUT2D eigenvalue weighted by molar-refractivity contribution is -0.115. The molecule has 1 amide bonds. The van der Waals surface area contributed by atoms with Crippen molar-refractivity contribution in [3.05, 3.63) is 99.2 Å². The van der Waals surface area contributed by atoms with Gasteiger partial charge in [0.05, 0.1) is 10.6 Å². The van der Waals surface area contributed by atoms with Crippen molar-refractivity contribution in [2.24, 2.45) is 0 Å². The molecule has 0 aliphatic heterocycles. The number of amides is 1. The molecule has 0 fully saturated rings. The van der Waals surface area contributed by atoms with Crippen molar-refractivity contribution in [2.45, 2.75) is 20.8 Å². The van der Waals surface area contributed by atoms with E-state index in [1.807, 2.05) is 57.2 Å². The number of furan rings is 1. The van der Waals surface area contributed by atoms with Crippen molar-refractivity contribution in [1.29, 1.82) is 0 Å². The number of carbonyl (C=O) groups excluding carboxylic acids is 1. The van der Waals surface area contributed by atoms with Gasteiger partial charge in [-0.05, 0) is 98.2 Å². The average Bonchev–Trinajstić information content (AvgIpc) is 3.53. The topological polar surface area (TPSA) is 80.3 Å². The highest BCUT2D eigenvalue weighted by molar-refractivity contribution is 7.80. The molecule has 6 nitrogen and oxygen atoms in total. The SMILES string of the molecule is Cc1cc(C)c2oc(-c3cc(NC(=S)NC(=O)/C=C/c4ccc(-c5ccc(C)c(Cl)c5)o4)ccc3Cl)nc2c1. The number of benzene rings is 3. The molecule has 5 aromatic rings. The maximum Gasteiger partial charge on any atom is 0.250 e. The van der Waals surface area contributed by atoms with Gasteiger partial charge < -0.3 is 14.2 Å². The zero-order chi connectivity index (χ0) is 27.7. The number of hydrogen-bond acceptors (Lipinski definition) is 5. The highest BCUT2D eigenvalue weighted by atomic mass is 35.5. The van der Waals surface area contributed by atoms with Gasteiger partial charge in [0.15, 0.2) is 10.7 Å². The van der Waals surface area contributed by atoms with Crippen LogP contribution in [-0.2, 0) is 4.79 Å². The number of hydrogen-bond donors (Lipinski definition) is 2. The molecule has 0 saturated heterocycles. The minimum atomic E-state index is -0.414.